The van der Waals surface area contributed by atoms with Gasteiger partial charge in [-0.2, -0.15) is 0 Å². The number of nitrogens with one attached hydrogen (secondary N) is 2. The Bertz CT molecular complexity index is 681. The molecule has 2 N–H and O–H groups in total. The molecule has 0 aliphatic heterocycles. The lowest BCUT2D eigenvalue weighted by Gasteiger charge is -2.14. The first-order valence-corrected chi connectivity index (χ1v) is 8.86. The second kappa shape index (κ2) is 9.72. The number of carbonyl (C=O) groups excluding carboxylic acids is 1. The van der Waals surface area contributed by atoms with Crippen LogP contribution in [0, 0.1) is 6.92 Å². The molecule has 134 valence electrons. The molecule has 0 saturated heterocycles. The second-order valence-electron chi connectivity index (χ2n) is 6.09. The number of rotatable bonds is 9. The summed E-state index contributed by atoms with van der Waals surface area (Å²) in [6, 6.07) is 14.2. The fourth-order valence-electron chi connectivity index (χ4n) is 2.80. The van der Waals surface area contributed by atoms with Crippen LogP contribution in [0.4, 0.5) is 5.69 Å². The predicted molar refractivity (Wildman–Crippen MR) is 103 cm³/mol. The van der Waals surface area contributed by atoms with Crippen molar-refractivity contribution < 1.29 is 9.53 Å². The molecule has 0 saturated carbocycles. The maximum atomic E-state index is 12.0. The second-order valence-corrected chi connectivity index (χ2v) is 6.09. The van der Waals surface area contributed by atoms with Crippen LogP contribution < -0.4 is 15.4 Å². The molecule has 0 bridgehead atoms. The largest absolute Gasteiger partial charge is 0.497 e. The third-order valence-corrected chi connectivity index (χ3v) is 4.29. The van der Waals surface area contributed by atoms with E-state index in [0.717, 1.165) is 24.3 Å². The van der Waals surface area contributed by atoms with Gasteiger partial charge in [0.2, 0.25) is 5.91 Å². The number of anilines is 1. The van der Waals surface area contributed by atoms with E-state index in [0.29, 0.717) is 19.5 Å². The molecule has 2 aromatic carbocycles. The Balaban J connectivity index is 1.70. The lowest BCUT2D eigenvalue weighted by molar-refractivity contribution is -0.120. The normalized spacial score (nSPS) is 10.4. The summed E-state index contributed by atoms with van der Waals surface area (Å²) >= 11 is 0. The zero-order chi connectivity index (χ0) is 18.1. The van der Waals surface area contributed by atoms with E-state index in [1.54, 1.807) is 7.11 Å². The van der Waals surface area contributed by atoms with Crippen molar-refractivity contribution in [3.63, 3.8) is 0 Å². The minimum absolute atomic E-state index is 0.0765. The Hall–Kier alpha value is -2.49. The molecule has 0 spiro atoms. The molecule has 0 aromatic heterocycles. The fourth-order valence-corrected chi connectivity index (χ4v) is 2.80. The van der Waals surface area contributed by atoms with Gasteiger partial charge < -0.3 is 15.4 Å². The molecule has 0 aliphatic rings. The fraction of sp³-hybridized carbons (Fsp3) is 0.381. The minimum atomic E-state index is 0.0765. The molecule has 0 radical (unpaired) electrons. The van der Waals surface area contributed by atoms with Crippen molar-refractivity contribution in [2.75, 3.05) is 25.5 Å². The summed E-state index contributed by atoms with van der Waals surface area (Å²) in [4.78, 5) is 12.0. The number of methoxy groups -OCH3 is 1. The topological polar surface area (TPSA) is 50.4 Å². The van der Waals surface area contributed by atoms with Crippen LogP contribution in [0.2, 0.25) is 0 Å². The van der Waals surface area contributed by atoms with Crippen molar-refractivity contribution in [2.24, 2.45) is 0 Å². The van der Waals surface area contributed by atoms with Gasteiger partial charge in [0.05, 0.1) is 7.11 Å². The highest BCUT2D eigenvalue weighted by molar-refractivity contribution is 5.76. The number of hydrogen-bond donors (Lipinski definition) is 2. The summed E-state index contributed by atoms with van der Waals surface area (Å²) in [6.45, 7) is 5.53. The monoisotopic (exact) mass is 340 g/mol. The van der Waals surface area contributed by atoms with E-state index < -0.39 is 0 Å². The lowest BCUT2D eigenvalue weighted by atomic mass is 10.1. The Morgan fingerprint density at radius 3 is 2.52 bits per heavy atom. The minimum Gasteiger partial charge on any atom is -0.497 e. The molecule has 25 heavy (non-hydrogen) atoms. The van der Waals surface area contributed by atoms with Crippen molar-refractivity contribution in [1.29, 1.82) is 0 Å². The number of carbonyl (C=O) groups is 1. The highest BCUT2D eigenvalue weighted by Gasteiger charge is 2.05. The van der Waals surface area contributed by atoms with E-state index in [9.17, 15) is 4.79 Å². The number of aryl methyl sites for hydroxylation is 2. The van der Waals surface area contributed by atoms with E-state index in [-0.39, 0.29) is 5.91 Å². The molecule has 0 unspecified atom stereocenters. The van der Waals surface area contributed by atoms with Crippen LogP contribution in [0.1, 0.15) is 30.0 Å². The van der Waals surface area contributed by atoms with E-state index >= 15 is 0 Å². The van der Waals surface area contributed by atoms with Crippen LogP contribution in [0.5, 0.6) is 5.75 Å². The Labute approximate surface area is 150 Å². The first-order chi connectivity index (χ1) is 12.1. The summed E-state index contributed by atoms with van der Waals surface area (Å²) in [5.41, 5.74) is 4.86. The third-order valence-electron chi connectivity index (χ3n) is 4.29. The molecule has 0 atom stereocenters. The summed E-state index contributed by atoms with van der Waals surface area (Å²) in [6.07, 6.45) is 2.28. The molecular weight excluding hydrogens is 312 g/mol. The van der Waals surface area contributed by atoms with Crippen LogP contribution in [0.25, 0.3) is 0 Å². The van der Waals surface area contributed by atoms with Gasteiger partial charge in [-0.25, -0.2) is 0 Å². The Morgan fingerprint density at radius 1 is 1.08 bits per heavy atom. The van der Waals surface area contributed by atoms with Gasteiger partial charge in [0.25, 0.3) is 0 Å². The quantitative estimate of drug-likeness (QED) is 0.731. The molecule has 4 heteroatoms. The van der Waals surface area contributed by atoms with Gasteiger partial charge in [-0.05, 0) is 48.6 Å². The molecule has 0 aliphatic carbocycles. The van der Waals surface area contributed by atoms with Crippen molar-refractivity contribution in [3.8, 4) is 5.75 Å². The van der Waals surface area contributed by atoms with Gasteiger partial charge in [0.1, 0.15) is 5.75 Å². The van der Waals surface area contributed by atoms with E-state index in [1.807, 2.05) is 24.3 Å². The summed E-state index contributed by atoms with van der Waals surface area (Å²) in [5.74, 6) is 0.925. The molecule has 0 heterocycles. The Morgan fingerprint density at radius 2 is 1.84 bits per heavy atom. The van der Waals surface area contributed by atoms with Crippen molar-refractivity contribution in [1.82, 2.24) is 5.32 Å². The molecular formula is C21H28N2O2. The van der Waals surface area contributed by atoms with Crippen molar-refractivity contribution in [3.05, 3.63) is 59.2 Å². The Kier molecular flexibility index (Phi) is 7.33. The number of amides is 1. The summed E-state index contributed by atoms with van der Waals surface area (Å²) in [5, 5.41) is 6.39. The SMILES string of the molecule is CCc1cccc(C)c1NCCC(=O)NCCc1ccc(OC)cc1. The summed E-state index contributed by atoms with van der Waals surface area (Å²) < 4.78 is 5.14. The van der Waals surface area contributed by atoms with Gasteiger partial charge in [-0.3, -0.25) is 4.79 Å². The number of ether oxygens (including phenoxy) is 1. The number of hydrogen-bond acceptors (Lipinski definition) is 3. The maximum Gasteiger partial charge on any atom is 0.221 e. The predicted octanol–water partition coefficient (Wildman–Crippen LogP) is 3.73. The van der Waals surface area contributed by atoms with Gasteiger partial charge in [0.15, 0.2) is 0 Å². The van der Waals surface area contributed by atoms with Crippen LogP contribution in [0.3, 0.4) is 0 Å². The van der Waals surface area contributed by atoms with E-state index in [4.69, 9.17) is 4.74 Å². The van der Waals surface area contributed by atoms with E-state index in [2.05, 4.69) is 42.7 Å². The molecule has 4 nitrogen and oxygen atoms in total. The molecule has 1 amide bonds. The van der Waals surface area contributed by atoms with Gasteiger partial charge in [-0.1, -0.05) is 37.3 Å². The van der Waals surface area contributed by atoms with Crippen LogP contribution >= 0.6 is 0 Å². The zero-order valence-corrected chi connectivity index (χ0v) is 15.4. The first-order valence-electron chi connectivity index (χ1n) is 8.86. The zero-order valence-electron chi connectivity index (χ0n) is 15.4. The van der Waals surface area contributed by atoms with Crippen molar-refractivity contribution in [2.45, 2.75) is 33.1 Å². The first kappa shape index (κ1) is 18.8. The average molecular weight is 340 g/mol. The molecule has 0 fully saturated rings. The van der Waals surface area contributed by atoms with Crippen LogP contribution in [-0.4, -0.2) is 26.1 Å². The van der Waals surface area contributed by atoms with Crippen LogP contribution in [-0.2, 0) is 17.6 Å². The van der Waals surface area contributed by atoms with Gasteiger partial charge in [-0.15, -0.1) is 0 Å². The van der Waals surface area contributed by atoms with Gasteiger partial charge >= 0.3 is 0 Å². The molecule has 2 aromatic rings. The smallest absolute Gasteiger partial charge is 0.221 e. The van der Waals surface area contributed by atoms with Crippen molar-refractivity contribution >= 4 is 11.6 Å². The van der Waals surface area contributed by atoms with Gasteiger partial charge in [0, 0.05) is 25.2 Å². The molecule has 2 rings (SSSR count). The van der Waals surface area contributed by atoms with Crippen LogP contribution in [0.15, 0.2) is 42.5 Å². The van der Waals surface area contributed by atoms with E-state index in [1.165, 1.54) is 16.7 Å². The maximum absolute atomic E-state index is 12.0. The standard InChI is InChI=1S/C21H28N2O2/c1-4-18-7-5-6-16(2)21(18)23-15-13-20(24)22-14-12-17-8-10-19(25-3)11-9-17/h5-11,23H,4,12-15H2,1-3H3,(H,22,24). The lowest BCUT2D eigenvalue weighted by Crippen LogP contribution is -2.27. The summed E-state index contributed by atoms with van der Waals surface area (Å²) in [7, 11) is 1.66. The average Bonchev–Trinajstić information content (AvgIpc) is 2.63. The number of para-hydroxylation sites is 1. The number of benzene rings is 2. The highest BCUT2D eigenvalue weighted by atomic mass is 16.5. The highest BCUT2D eigenvalue weighted by Crippen LogP contribution is 2.20. The third kappa shape index (κ3) is 5.82.